The average Bonchev–Trinajstić information content (AvgIpc) is 2.40. The first-order chi connectivity index (χ1) is 9.93. The molecule has 1 saturated carbocycles. The quantitative estimate of drug-likeness (QED) is 0.431. The van der Waals surface area contributed by atoms with Crippen molar-refractivity contribution in [1.29, 1.82) is 0 Å². The van der Waals surface area contributed by atoms with Crippen LogP contribution in [-0.4, -0.2) is 26.9 Å². The van der Waals surface area contributed by atoms with E-state index in [1.807, 2.05) is 0 Å². The Balaban J connectivity index is 2.10. The number of thioether (sulfide) groups is 1. The van der Waals surface area contributed by atoms with Gasteiger partial charge in [-0.15, -0.1) is 11.8 Å². The van der Waals surface area contributed by atoms with Crippen molar-refractivity contribution in [1.82, 2.24) is 5.32 Å². The maximum atomic E-state index is 3.66. The lowest BCUT2D eigenvalue weighted by molar-refractivity contribution is 0.268. The van der Waals surface area contributed by atoms with Crippen molar-refractivity contribution < 1.29 is 0 Å². The molecule has 0 radical (unpaired) electrons. The number of hydrogen-bond donors (Lipinski definition) is 1. The average molecular weight is 328 g/mol. The molecule has 0 heterocycles. The zero-order chi connectivity index (χ0) is 15.7. The number of nitrogens with one attached hydrogen (secondary N) is 1. The zero-order valence-electron chi connectivity index (χ0n) is 15.0. The Morgan fingerprint density at radius 1 is 1.24 bits per heavy atom. The molecular weight excluding hydrogens is 290 g/mol. The van der Waals surface area contributed by atoms with Crippen molar-refractivity contribution in [2.75, 3.05) is 18.8 Å². The zero-order valence-corrected chi connectivity index (χ0v) is 16.8. The normalized spacial score (nSPS) is 24.3. The predicted octanol–water partition coefficient (Wildman–Crippen LogP) is 5.70. The van der Waals surface area contributed by atoms with Gasteiger partial charge in [0.2, 0.25) is 0 Å². The van der Waals surface area contributed by atoms with E-state index in [2.05, 4.69) is 56.6 Å². The molecule has 21 heavy (non-hydrogen) atoms. The van der Waals surface area contributed by atoms with Gasteiger partial charge in [0.1, 0.15) is 0 Å². The van der Waals surface area contributed by atoms with Crippen molar-refractivity contribution in [2.45, 2.75) is 72.0 Å². The minimum atomic E-state index is -1.11. The van der Waals surface area contributed by atoms with Crippen LogP contribution in [0.2, 0.25) is 19.6 Å². The Morgan fingerprint density at radius 3 is 2.62 bits per heavy atom. The molecule has 0 amide bonds. The van der Waals surface area contributed by atoms with Gasteiger partial charge in [-0.05, 0) is 42.2 Å². The molecule has 1 aliphatic carbocycles. The highest BCUT2D eigenvalue weighted by Gasteiger charge is 2.20. The van der Waals surface area contributed by atoms with Gasteiger partial charge in [-0.1, -0.05) is 58.8 Å². The van der Waals surface area contributed by atoms with E-state index in [1.54, 1.807) is 4.53 Å². The van der Waals surface area contributed by atoms with Crippen molar-refractivity contribution in [3.05, 3.63) is 10.6 Å². The SMILES string of the molecule is CCC=C(SCCNCCC1CCCC(C)C1)[Si](C)(C)C. The molecule has 0 spiro atoms. The van der Waals surface area contributed by atoms with E-state index in [4.69, 9.17) is 0 Å². The van der Waals surface area contributed by atoms with Crippen molar-refractivity contribution in [3.63, 3.8) is 0 Å². The number of rotatable bonds is 9. The summed E-state index contributed by atoms with van der Waals surface area (Å²) in [6.07, 6.45) is 10.9. The van der Waals surface area contributed by atoms with Crippen LogP contribution in [0.1, 0.15) is 52.4 Å². The van der Waals surface area contributed by atoms with Gasteiger partial charge in [-0.2, -0.15) is 0 Å². The fraction of sp³-hybridized carbons (Fsp3) is 0.889. The Morgan fingerprint density at radius 2 is 2.00 bits per heavy atom. The molecule has 0 aromatic carbocycles. The second kappa shape index (κ2) is 10.1. The lowest BCUT2D eigenvalue weighted by Crippen LogP contribution is -2.25. The first-order valence-corrected chi connectivity index (χ1v) is 13.5. The smallest absolute Gasteiger partial charge is 0.0853 e. The van der Waals surface area contributed by atoms with Crippen LogP contribution < -0.4 is 5.32 Å². The summed E-state index contributed by atoms with van der Waals surface area (Å²) < 4.78 is 1.69. The summed E-state index contributed by atoms with van der Waals surface area (Å²) in [5, 5.41) is 3.66. The van der Waals surface area contributed by atoms with Gasteiger partial charge in [-0.3, -0.25) is 0 Å². The molecule has 2 atom stereocenters. The summed E-state index contributed by atoms with van der Waals surface area (Å²) in [6, 6.07) is 0. The third-order valence-corrected chi connectivity index (χ3v) is 9.28. The summed E-state index contributed by atoms with van der Waals surface area (Å²) in [5.74, 6) is 3.20. The number of hydrogen-bond acceptors (Lipinski definition) is 2. The second-order valence-corrected chi connectivity index (χ2v) is 14.3. The highest BCUT2D eigenvalue weighted by molar-refractivity contribution is 8.05. The van der Waals surface area contributed by atoms with Crippen LogP contribution in [0.4, 0.5) is 0 Å². The molecule has 1 N–H and O–H groups in total. The molecule has 1 fully saturated rings. The monoisotopic (exact) mass is 327 g/mol. The van der Waals surface area contributed by atoms with Crippen molar-refractivity contribution >= 4 is 19.8 Å². The maximum absolute atomic E-state index is 3.66. The van der Waals surface area contributed by atoms with Crippen LogP contribution in [-0.2, 0) is 0 Å². The van der Waals surface area contributed by atoms with Gasteiger partial charge in [0.15, 0.2) is 0 Å². The van der Waals surface area contributed by atoms with E-state index in [0.717, 1.165) is 11.8 Å². The molecule has 124 valence electrons. The van der Waals surface area contributed by atoms with E-state index < -0.39 is 8.07 Å². The molecule has 0 saturated heterocycles. The molecule has 1 aliphatic rings. The Labute approximate surface area is 138 Å². The standard InChI is InChI=1S/C18H37NSSi/c1-6-8-18(21(3,4)5)20-14-13-19-12-11-17-10-7-9-16(2)15-17/h8,16-17,19H,6-7,9-15H2,1-5H3. The van der Waals surface area contributed by atoms with Gasteiger partial charge in [-0.25, -0.2) is 0 Å². The van der Waals surface area contributed by atoms with Crippen LogP contribution in [0.15, 0.2) is 10.6 Å². The Bertz CT molecular complexity index is 309. The van der Waals surface area contributed by atoms with E-state index in [0.29, 0.717) is 0 Å². The Kier molecular flexibility index (Phi) is 9.31. The van der Waals surface area contributed by atoms with Crippen molar-refractivity contribution in [3.8, 4) is 0 Å². The minimum Gasteiger partial charge on any atom is -0.316 e. The molecule has 0 aliphatic heterocycles. The van der Waals surface area contributed by atoms with Gasteiger partial charge < -0.3 is 5.32 Å². The molecule has 2 unspecified atom stereocenters. The van der Waals surface area contributed by atoms with Crippen LogP contribution >= 0.6 is 11.8 Å². The van der Waals surface area contributed by atoms with Gasteiger partial charge in [0.05, 0.1) is 8.07 Å². The molecule has 1 rings (SSSR count). The van der Waals surface area contributed by atoms with Crippen LogP contribution in [0.3, 0.4) is 0 Å². The van der Waals surface area contributed by atoms with Gasteiger partial charge in [0, 0.05) is 12.3 Å². The van der Waals surface area contributed by atoms with Gasteiger partial charge in [0.25, 0.3) is 0 Å². The summed E-state index contributed by atoms with van der Waals surface area (Å²) in [5.41, 5.74) is 0. The lowest BCUT2D eigenvalue weighted by atomic mass is 9.81. The summed E-state index contributed by atoms with van der Waals surface area (Å²) >= 11 is 2.10. The summed E-state index contributed by atoms with van der Waals surface area (Å²) in [7, 11) is -1.11. The highest BCUT2D eigenvalue weighted by atomic mass is 32.2. The topological polar surface area (TPSA) is 12.0 Å². The Hall–Kier alpha value is 0.267. The van der Waals surface area contributed by atoms with Crippen LogP contribution in [0.5, 0.6) is 0 Å². The summed E-state index contributed by atoms with van der Waals surface area (Å²) in [4.78, 5) is 0. The maximum Gasteiger partial charge on any atom is 0.0853 e. The highest BCUT2D eigenvalue weighted by Crippen LogP contribution is 2.30. The van der Waals surface area contributed by atoms with E-state index in [1.165, 1.54) is 57.4 Å². The molecule has 3 heteroatoms. The van der Waals surface area contributed by atoms with E-state index >= 15 is 0 Å². The first-order valence-electron chi connectivity index (χ1n) is 8.97. The molecular formula is C18H37NSSi. The van der Waals surface area contributed by atoms with E-state index in [-0.39, 0.29) is 0 Å². The molecule has 0 bridgehead atoms. The third-order valence-electron chi connectivity index (χ3n) is 4.44. The lowest BCUT2D eigenvalue weighted by Gasteiger charge is -2.26. The molecule has 0 aromatic rings. The predicted molar refractivity (Wildman–Crippen MR) is 103 cm³/mol. The molecule has 0 aromatic heterocycles. The largest absolute Gasteiger partial charge is 0.316 e. The first kappa shape index (κ1) is 19.3. The fourth-order valence-corrected chi connectivity index (χ4v) is 6.86. The van der Waals surface area contributed by atoms with Crippen LogP contribution in [0, 0.1) is 11.8 Å². The molecule has 1 nitrogen and oxygen atoms in total. The third kappa shape index (κ3) is 8.46. The van der Waals surface area contributed by atoms with Crippen molar-refractivity contribution in [2.24, 2.45) is 11.8 Å². The fourth-order valence-electron chi connectivity index (χ4n) is 3.25. The minimum absolute atomic E-state index is 0.970. The van der Waals surface area contributed by atoms with Crippen LogP contribution in [0.25, 0.3) is 0 Å². The van der Waals surface area contributed by atoms with E-state index in [9.17, 15) is 0 Å². The number of allylic oxidation sites excluding steroid dienone is 1. The second-order valence-electron chi connectivity index (χ2n) is 7.75. The van der Waals surface area contributed by atoms with Gasteiger partial charge >= 0.3 is 0 Å². The summed E-state index contributed by atoms with van der Waals surface area (Å²) in [6.45, 7) is 14.4.